The summed E-state index contributed by atoms with van der Waals surface area (Å²) in [6.07, 6.45) is 0.454. The van der Waals surface area contributed by atoms with Crippen LogP contribution in [-0.4, -0.2) is 12.4 Å². The van der Waals surface area contributed by atoms with E-state index >= 15 is 0 Å². The van der Waals surface area contributed by atoms with Crippen LogP contribution < -0.4 is 4.74 Å². The van der Waals surface area contributed by atoms with Gasteiger partial charge in [0.25, 0.3) is 0 Å². The standard InChI is InChI=1S/C11H13ClO2/c1-3-11(13)9-7-8(14-4-2)5-6-10(9)12/h5-7H,3-4H2,1-2H3. The molecule has 14 heavy (non-hydrogen) atoms. The fourth-order valence-electron chi connectivity index (χ4n) is 1.16. The summed E-state index contributed by atoms with van der Waals surface area (Å²) in [5, 5.41) is 0.486. The second-order valence-corrected chi connectivity index (χ2v) is 3.26. The second kappa shape index (κ2) is 5.01. The largest absolute Gasteiger partial charge is 0.494 e. The summed E-state index contributed by atoms with van der Waals surface area (Å²) in [7, 11) is 0. The van der Waals surface area contributed by atoms with E-state index in [1.165, 1.54) is 0 Å². The van der Waals surface area contributed by atoms with Crippen LogP contribution in [0.4, 0.5) is 0 Å². The molecule has 2 nitrogen and oxygen atoms in total. The van der Waals surface area contributed by atoms with E-state index < -0.39 is 0 Å². The minimum atomic E-state index is 0.0385. The van der Waals surface area contributed by atoms with Crippen molar-refractivity contribution in [2.24, 2.45) is 0 Å². The normalized spacial score (nSPS) is 9.93. The zero-order valence-electron chi connectivity index (χ0n) is 8.34. The van der Waals surface area contributed by atoms with E-state index in [1.807, 2.05) is 13.8 Å². The zero-order chi connectivity index (χ0) is 10.6. The third kappa shape index (κ3) is 2.48. The van der Waals surface area contributed by atoms with Crippen molar-refractivity contribution in [1.82, 2.24) is 0 Å². The van der Waals surface area contributed by atoms with Gasteiger partial charge < -0.3 is 4.74 Å². The van der Waals surface area contributed by atoms with Crippen molar-refractivity contribution >= 4 is 17.4 Å². The molecule has 0 aliphatic heterocycles. The highest BCUT2D eigenvalue weighted by atomic mass is 35.5. The third-order valence-corrected chi connectivity index (χ3v) is 2.20. The number of carbonyl (C=O) groups is 1. The smallest absolute Gasteiger partial charge is 0.164 e. The zero-order valence-corrected chi connectivity index (χ0v) is 9.10. The molecule has 0 radical (unpaired) electrons. The Morgan fingerprint density at radius 2 is 2.14 bits per heavy atom. The van der Waals surface area contributed by atoms with E-state index in [0.717, 1.165) is 0 Å². The average Bonchev–Trinajstić information content (AvgIpc) is 2.20. The maximum Gasteiger partial charge on any atom is 0.164 e. The number of carbonyl (C=O) groups excluding carboxylic acids is 1. The molecule has 0 bridgehead atoms. The van der Waals surface area contributed by atoms with Gasteiger partial charge in [0, 0.05) is 12.0 Å². The Hall–Kier alpha value is -1.02. The molecule has 0 aliphatic carbocycles. The first-order chi connectivity index (χ1) is 6.69. The fourth-order valence-corrected chi connectivity index (χ4v) is 1.39. The van der Waals surface area contributed by atoms with Gasteiger partial charge in [-0.2, -0.15) is 0 Å². The van der Waals surface area contributed by atoms with Crippen molar-refractivity contribution in [3.8, 4) is 5.75 Å². The lowest BCUT2D eigenvalue weighted by atomic mass is 10.1. The molecule has 0 aromatic heterocycles. The van der Waals surface area contributed by atoms with Gasteiger partial charge in [0.1, 0.15) is 5.75 Å². The summed E-state index contributed by atoms with van der Waals surface area (Å²) in [5.41, 5.74) is 0.542. The molecule has 0 heterocycles. The van der Waals surface area contributed by atoms with Crippen molar-refractivity contribution in [3.05, 3.63) is 28.8 Å². The van der Waals surface area contributed by atoms with Gasteiger partial charge in [0.05, 0.1) is 11.6 Å². The number of ketones is 1. The molecule has 0 saturated heterocycles. The Labute approximate surface area is 88.8 Å². The third-order valence-electron chi connectivity index (χ3n) is 1.87. The molecule has 1 aromatic carbocycles. The molecule has 0 aliphatic rings. The van der Waals surface area contributed by atoms with Gasteiger partial charge in [-0.1, -0.05) is 18.5 Å². The lowest BCUT2D eigenvalue weighted by Crippen LogP contribution is -1.99. The Kier molecular flexibility index (Phi) is 3.96. The van der Waals surface area contributed by atoms with Crippen molar-refractivity contribution in [2.45, 2.75) is 20.3 Å². The number of hydrogen-bond donors (Lipinski definition) is 0. The van der Waals surface area contributed by atoms with Crippen LogP contribution >= 0.6 is 11.6 Å². The number of hydrogen-bond acceptors (Lipinski definition) is 2. The monoisotopic (exact) mass is 212 g/mol. The van der Waals surface area contributed by atoms with E-state index in [1.54, 1.807) is 18.2 Å². The predicted molar refractivity (Wildman–Crippen MR) is 57.2 cm³/mol. The molecular weight excluding hydrogens is 200 g/mol. The van der Waals surface area contributed by atoms with E-state index in [0.29, 0.717) is 29.4 Å². The maximum atomic E-state index is 11.5. The molecule has 1 rings (SSSR count). The minimum absolute atomic E-state index is 0.0385. The number of benzene rings is 1. The number of halogens is 1. The van der Waals surface area contributed by atoms with Gasteiger partial charge in [-0.25, -0.2) is 0 Å². The Morgan fingerprint density at radius 3 is 2.71 bits per heavy atom. The van der Waals surface area contributed by atoms with Crippen molar-refractivity contribution in [2.75, 3.05) is 6.61 Å². The summed E-state index contributed by atoms with van der Waals surface area (Å²) in [5.74, 6) is 0.727. The summed E-state index contributed by atoms with van der Waals surface area (Å²) in [4.78, 5) is 11.5. The molecule has 1 aromatic rings. The predicted octanol–water partition coefficient (Wildman–Crippen LogP) is 3.33. The van der Waals surface area contributed by atoms with E-state index in [-0.39, 0.29) is 5.78 Å². The van der Waals surface area contributed by atoms with E-state index in [4.69, 9.17) is 16.3 Å². The molecule has 76 valence electrons. The van der Waals surface area contributed by atoms with Crippen LogP contribution in [-0.2, 0) is 0 Å². The lowest BCUT2D eigenvalue weighted by Gasteiger charge is -2.06. The molecule has 0 N–H and O–H groups in total. The Morgan fingerprint density at radius 1 is 1.43 bits per heavy atom. The highest BCUT2D eigenvalue weighted by Gasteiger charge is 2.09. The molecule has 0 fully saturated rings. The summed E-state index contributed by atoms with van der Waals surface area (Å²) < 4.78 is 5.29. The maximum absolute atomic E-state index is 11.5. The van der Waals surface area contributed by atoms with Crippen LogP contribution in [0.1, 0.15) is 30.6 Å². The van der Waals surface area contributed by atoms with Crippen LogP contribution in [0.3, 0.4) is 0 Å². The molecule has 0 unspecified atom stereocenters. The van der Waals surface area contributed by atoms with E-state index in [2.05, 4.69) is 0 Å². The van der Waals surface area contributed by atoms with Gasteiger partial charge >= 0.3 is 0 Å². The molecule has 0 atom stereocenters. The Bertz CT molecular complexity index is 334. The van der Waals surface area contributed by atoms with Crippen molar-refractivity contribution in [1.29, 1.82) is 0 Å². The van der Waals surface area contributed by atoms with Gasteiger partial charge in [0.2, 0.25) is 0 Å². The first-order valence-electron chi connectivity index (χ1n) is 4.64. The molecule has 3 heteroatoms. The quantitative estimate of drug-likeness (QED) is 0.716. The summed E-state index contributed by atoms with van der Waals surface area (Å²) in [6, 6.07) is 5.14. The molecule has 0 amide bonds. The highest BCUT2D eigenvalue weighted by molar-refractivity contribution is 6.34. The molecular formula is C11H13ClO2. The van der Waals surface area contributed by atoms with Crippen molar-refractivity contribution in [3.63, 3.8) is 0 Å². The molecule has 0 spiro atoms. The van der Waals surface area contributed by atoms with Crippen molar-refractivity contribution < 1.29 is 9.53 Å². The van der Waals surface area contributed by atoms with Crippen LogP contribution in [0.15, 0.2) is 18.2 Å². The number of ether oxygens (including phenoxy) is 1. The van der Waals surface area contributed by atoms with Gasteiger partial charge in [-0.15, -0.1) is 0 Å². The van der Waals surface area contributed by atoms with Crippen LogP contribution in [0.25, 0.3) is 0 Å². The second-order valence-electron chi connectivity index (χ2n) is 2.85. The van der Waals surface area contributed by atoms with Gasteiger partial charge in [-0.05, 0) is 25.1 Å². The summed E-state index contributed by atoms with van der Waals surface area (Å²) >= 11 is 5.89. The van der Waals surface area contributed by atoms with Gasteiger partial charge in [-0.3, -0.25) is 4.79 Å². The highest BCUT2D eigenvalue weighted by Crippen LogP contribution is 2.23. The van der Waals surface area contributed by atoms with Crippen LogP contribution in [0.5, 0.6) is 5.75 Å². The number of Topliss-reactive ketones (excluding diaryl/α,β-unsaturated/α-hetero) is 1. The first kappa shape index (κ1) is 11.1. The Balaban J connectivity index is 3.01. The average molecular weight is 213 g/mol. The first-order valence-corrected chi connectivity index (χ1v) is 5.02. The molecule has 0 saturated carbocycles. The topological polar surface area (TPSA) is 26.3 Å². The van der Waals surface area contributed by atoms with E-state index in [9.17, 15) is 4.79 Å². The fraction of sp³-hybridized carbons (Fsp3) is 0.364. The van der Waals surface area contributed by atoms with Crippen LogP contribution in [0, 0.1) is 0 Å². The van der Waals surface area contributed by atoms with Gasteiger partial charge in [0.15, 0.2) is 5.78 Å². The summed E-state index contributed by atoms with van der Waals surface area (Å²) in [6.45, 7) is 4.29. The SMILES string of the molecule is CCOc1ccc(Cl)c(C(=O)CC)c1. The lowest BCUT2D eigenvalue weighted by molar-refractivity contribution is 0.0988. The minimum Gasteiger partial charge on any atom is -0.494 e. The number of rotatable bonds is 4. The van der Waals surface area contributed by atoms with Crippen LogP contribution in [0.2, 0.25) is 5.02 Å².